The molecule has 1 aromatic carbocycles. The normalized spacial score (nSPS) is 10.8. The third-order valence-corrected chi connectivity index (χ3v) is 2.77. The molecule has 2 heterocycles. The molecule has 2 aromatic heterocycles. The van der Waals surface area contributed by atoms with Crippen LogP contribution in [0.15, 0.2) is 61.1 Å². The van der Waals surface area contributed by atoms with Crippen molar-refractivity contribution in [2.45, 2.75) is 6.54 Å². The molecule has 78 valence electrons. The van der Waals surface area contributed by atoms with Gasteiger partial charge in [-0.25, -0.2) is 0 Å². The van der Waals surface area contributed by atoms with Crippen LogP contribution in [0.5, 0.6) is 0 Å². The molecule has 0 N–H and O–H groups in total. The molecular weight excluding hydrogens is 196 g/mol. The predicted molar refractivity (Wildman–Crippen MR) is 65.3 cm³/mol. The molecule has 2 heteroatoms. The second-order valence-electron chi connectivity index (χ2n) is 3.86. The summed E-state index contributed by atoms with van der Waals surface area (Å²) >= 11 is 0. The summed E-state index contributed by atoms with van der Waals surface area (Å²) in [7, 11) is 0. The van der Waals surface area contributed by atoms with Crippen LogP contribution in [0.2, 0.25) is 0 Å². The van der Waals surface area contributed by atoms with E-state index < -0.39 is 0 Å². The van der Waals surface area contributed by atoms with Gasteiger partial charge in [-0.2, -0.15) is 0 Å². The highest BCUT2D eigenvalue weighted by molar-refractivity contribution is 5.78. The minimum Gasteiger partial charge on any atom is -0.343 e. The average Bonchev–Trinajstić information content (AvgIpc) is 2.74. The van der Waals surface area contributed by atoms with Crippen molar-refractivity contribution in [3.63, 3.8) is 0 Å². The van der Waals surface area contributed by atoms with E-state index in [0.717, 1.165) is 6.54 Å². The van der Waals surface area contributed by atoms with Gasteiger partial charge in [0.25, 0.3) is 0 Å². The lowest BCUT2D eigenvalue weighted by molar-refractivity contribution is 0.836. The molecule has 0 atom stereocenters. The Bertz CT molecular complexity index is 596. The molecular formula is C14H12N2. The lowest BCUT2D eigenvalue weighted by Crippen LogP contribution is -1.97. The molecule has 0 aliphatic carbocycles. The molecule has 2 nitrogen and oxygen atoms in total. The fourth-order valence-corrected chi connectivity index (χ4v) is 1.96. The lowest BCUT2D eigenvalue weighted by Gasteiger charge is -2.04. The Labute approximate surface area is 94.2 Å². The first kappa shape index (κ1) is 9.16. The van der Waals surface area contributed by atoms with Gasteiger partial charge in [0.1, 0.15) is 0 Å². The fourth-order valence-electron chi connectivity index (χ4n) is 1.96. The van der Waals surface area contributed by atoms with Crippen LogP contribution in [0.25, 0.3) is 10.9 Å². The summed E-state index contributed by atoms with van der Waals surface area (Å²) in [5.74, 6) is 0. The Kier molecular flexibility index (Phi) is 2.18. The number of hydrogen-bond donors (Lipinski definition) is 0. The maximum atomic E-state index is 4.12. The van der Waals surface area contributed by atoms with E-state index in [1.165, 1.54) is 16.5 Å². The highest BCUT2D eigenvalue weighted by Crippen LogP contribution is 2.15. The second kappa shape index (κ2) is 3.81. The van der Waals surface area contributed by atoms with Crippen LogP contribution in [0.4, 0.5) is 0 Å². The number of rotatable bonds is 2. The van der Waals surface area contributed by atoms with E-state index in [1.807, 2.05) is 18.5 Å². The Balaban J connectivity index is 2.01. The Hall–Kier alpha value is -2.09. The van der Waals surface area contributed by atoms with E-state index >= 15 is 0 Å². The molecule has 3 aromatic rings. The largest absolute Gasteiger partial charge is 0.343 e. The maximum Gasteiger partial charge on any atom is 0.0514 e. The predicted octanol–water partition coefficient (Wildman–Crippen LogP) is 3.08. The average molecular weight is 208 g/mol. The number of aromatic nitrogens is 2. The van der Waals surface area contributed by atoms with E-state index in [0.29, 0.717) is 0 Å². The summed E-state index contributed by atoms with van der Waals surface area (Å²) in [4.78, 5) is 4.12. The molecule has 0 spiro atoms. The molecule has 3 rings (SSSR count). The van der Waals surface area contributed by atoms with Gasteiger partial charge in [-0.1, -0.05) is 30.3 Å². The molecule has 0 saturated heterocycles. The van der Waals surface area contributed by atoms with Crippen LogP contribution < -0.4 is 0 Å². The van der Waals surface area contributed by atoms with Gasteiger partial charge in [0.05, 0.1) is 5.52 Å². The Morgan fingerprint density at radius 1 is 1.00 bits per heavy atom. The topological polar surface area (TPSA) is 17.8 Å². The Morgan fingerprint density at radius 2 is 1.88 bits per heavy atom. The van der Waals surface area contributed by atoms with Crippen molar-refractivity contribution >= 4 is 10.9 Å². The third kappa shape index (κ3) is 1.58. The number of pyridine rings is 1. The highest BCUT2D eigenvalue weighted by Gasteiger charge is 2.00. The molecule has 0 amide bonds. The van der Waals surface area contributed by atoms with E-state index in [4.69, 9.17) is 0 Å². The van der Waals surface area contributed by atoms with Gasteiger partial charge in [0.15, 0.2) is 0 Å². The fraction of sp³-hybridized carbons (Fsp3) is 0.0714. The van der Waals surface area contributed by atoms with Gasteiger partial charge in [0.2, 0.25) is 0 Å². The molecule has 0 radical (unpaired) electrons. The van der Waals surface area contributed by atoms with Crippen LogP contribution in [-0.4, -0.2) is 9.55 Å². The molecule has 0 saturated carbocycles. The summed E-state index contributed by atoms with van der Waals surface area (Å²) in [6.45, 7) is 0.911. The first-order valence-electron chi connectivity index (χ1n) is 5.36. The van der Waals surface area contributed by atoms with Gasteiger partial charge in [-0.3, -0.25) is 4.98 Å². The first-order chi connectivity index (χ1) is 7.93. The SMILES string of the molecule is c1ccc(Cn2ccc3cnccc32)cc1. The van der Waals surface area contributed by atoms with Crippen molar-refractivity contribution in [1.29, 1.82) is 0 Å². The van der Waals surface area contributed by atoms with Crippen molar-refractivity contribution in [3.8, 4) is 0 Å². The van der Waals surface area contributed by atoms with Crippen LogP contribution in [0.3, 0.4) is 0 Å². The maximum absolute atomic E-state index is 4.12. The van der Waals surface area contributed by atoms with Crippen molar-refractivity contribution in [2.75, 3.05) is 0 Å². The van der Waals surface area contributed by atoms with Crippen LogP contribution in [0.1, 0.15) is 5.56 Å². The standard InChI is InChI=1S/C14H12N2/c1-2-4-12(5-3-1)11-16-9-7-13-10-15-8-6-14(13)16/h1-10H,11H2. The van der Waals surface area contributed by atoms with Gasteiger partial charge in [0, 0.05) is 30.5 Å². The number of hydrogen-bond acceptors (Lipinski definition) is 1. The molecule has 0 bridgehead atoms. The van der Waals surface area contributed by atoms with Gasteiger partial charge < -0.3 is 4.57 Å². The molecule has 0 fully saturated rings. The van der Waals surface area contributed by atoms with Gasteiger partial charge in [-0.05, 0) is 17.7 Å². The summed E-state index contributed by atoms with van der Waals surface area (Å²) in [5, 5.41) is 1.19. The van der Waals surface area contributed by atoms with Gasteiger partial charge in [-0.15, -0.1) is 0 Å². The first-order valence-corrected chi connectivity index (χ1v) is 5.36. The lowest BCUT2D eigenvalue weighted by atomic mass is 10.2. The second-order valence-corrected chi connectivity index (χ2v) is 3.86. The molecule has 0 aliphatic heterocycles. The number of nitrogens with zero attached hydrogens (tertiary/aromatic N) is 2. The zero-order valence-corrected chi connectivity index (χ0v) is 8.88. The van der Waals surface area contributed by atoms with Crippen molar-refractivity contribution < 1.29 is 0 Å². The Morgan fingerprint density at radius 3 is 2.75 bits per heavy atom. The molecule has 0 unspecified atom stereocenters. The minimum atomic E-state index is 0.911. The number of benzene rings is 1. The van der Waals surface area contributed by atoms with Crippen molar-refractivity contribution in [3.05, 3.63) is 66.6 Å². The minimum absolute atomic E-state index is 0.911. The number of fused-ring (bicyclic) bond motifs is 1. The van der Waals surface area contributed by atoms with Crippen molar-refractivity contribution in [2.24, 2.45) is 0 Å². The van der Waals surface area contributed by atoms with Crippen LogP contribution >= 0.6 is 0 Å². The summed E-state index contributed by atoms with van der Waals surface area (Å²) in [6, 6.07) is 14.6. The summed E-state index contributed by atoms with van der Waals surface area (Å²) < 4.78 is 2.24. The van der Waals surface area contributed by atoms with Crippen LogP contribution in [-0.2, 0) is 6.54 Å². The summed E-state index contributed by atoms with van der Waals surface area (Å²) in [6.07, 6.45) is 5.85. The monoisotopic (exact) mass is 208 g/mol. The van der Waals surface area contributed by atoms with Gasteiger partial charge >= 0.3 is 0 Å². The van der Waals surface area contributed by atoms with E-state index in [9.17, 15) is 0 Å². The third-order valence-electron chi connectivity index (χ3n) is 2.77. The zero-order valence-electron chi connectivity index (χ0n) is 8.88. The van der Waals surface area contributed by atoms with Crippen molar-refractivity contribution in [1.82, 2.24) is 9.55 Å². The highest BCUT2D eigenvalue weighted by atomic mass is 15.0. The zero-order chi connectivity index (χ0) is 10.8. The van der Waals surface area contributed by atoms with Crippen LogP contribution in [0, 0.1) is 0 Å². The smallest absolute Gasteiger partial charge is 0.0514 e. The van der Waals surface area contributed by atoms with E-state index in [-0.39, 0.29) is 0 Å². The summed E-state index contributed by atoms with van der Waals surface area (Å²) in [5.41, 5.74) is 2.55. The van der Waals surface area contributed by atoms with E-state index in [1.54, 1.807) is 0 Å². The quantitative estimate of drug-likeness (QED) is 0.632. The van der Waals surface area contributed by atoms with E-state index in [2.05, 4.69) is 52.1 Å². The molecule has 0 aliphatic rings. The molecule has 16 heavy (non-hydrogen) atoms.